The Hall–Kier alpha value is -1.92. The molecular formula is C14H21N5O. The quantitative estimate of drug-likeness (QED) is 0.584. The topological polar surface area (TPSA) is 76.3 Å². The lowest BCUT2D eigenvalue weighted by atomic mass is 10.2. The van der Waals surface area contributed by atoms with E-state index in [4.69, 9.17) is 10.5 Å². The average molecular weight is 275 g/mol. The number of nitrogens with two attached hydrogens (primary N) is 1. The number of anilines is 2. The van der Waals surface area contributed by atoms with E-state index in [1.807, 2.05) is 32.3 Å². The normalized spacial score (nSPS) is 11.2. The van der Waals surface area contributed by atoms with Crippen LogP contribution in [0, 0.1) is 0 Å². The summed E-state index contributed by atoms with van der Waals surface area (Å²) in [7, 11) is 4.05. The summed E-state index contributed by atoms with van der Waals surface area (Å²) in [5, 5.41) is 4.19. The summed E-state index contributed by atoms with van der Waals surface area (Å²) in [6.45, 7) is 3.00. The highest BCUT2D eigenvalue weighted by Gasteiger charge is 2.03. The monoisotopic (exact) mass is 275 g/mol. The number of hydrogen-bond acceptors (Lipinski definition) is 6. The molecule has 0 aliphatic carbocycles. The first-order valence-electron chi connectivity index (χ1n) is 6.63. The minimum Gasteiger partial charge on any atom is -0.399 e. The smallest absolute Gasteiger partial charge is 0.137 e. The van der Waals surface area contributed by atoms with Gasteiger partial charge in [-0.05, 0) is 32.3 Å². The van der Waals surface area contributed by atoms with E-state index in [9.17, 15) is 0 Å². The Morgan fingerprint density at radius 1 is 1.25 bits per heavy atom. The van der Waals surface area contributed by atoms with E-state index in [0.29, 0.717) is 18.8 Å². The highest BCUT2D eigenvalue weighted by Crippen LogP contribution is 2.21. The Bertz CT molecular complexity index is 558. The van der Waals surface area contributed by atoms with Crippen molar-refractivity contribution in [1.82, 2.24) is 14.9 Å². The second kappa shape index (κ2) is 7.02. The Labute approximate surface area is 119 Å². The Morgan fingerprint density at radius 3 is 2.90 bits per heavy atom. The van der Waals surface area contributed by atoms with Crippen LogP contribution in [0.15, 0.2) is 24.5 Å². The molecule has 2 rings (SSSR count). The van der Waals surface area contributed by atoms with Gasteiger partial charge in [-0.3, -0.25) is 0 Å². The Kier molecular flexibility index (Phi) is 5.09. The summed E-state index contributed by atoms with van der Waals surface area (Å²) in [5.41, 5.74) is 7.39. The zero-order valence-corrected chi connectivity index (χ0v) is 12.0. The van der Waals surface area contributed by atoms with Gasteiger partial charge in [0.25, 0.3) is 0 Å². The van der Waals surface area contributed by atoms with Gasteiger partial charge in [0.15, 0.2) is 0 Å². The maximum absolute atomic E-state index is 5.80. The lowest BCUT2D eigenvalue weighted by Crippen LogP contribution is -2.20. The zero-order chi connectivity index (χ0) is 14.4. The molecule has 108 valence electrons. The van der Waals surface area contributed by atoms with Crippen molar-refractivity contribution in [3.05, 3.63) is 24.5 Å². The van der Waals surface area contributed by atoms with Gasteiger partial charge < -0.3 is 20.7 Å². The first-order valence-corrected chi connectivity index (χ1v) is 6.63. The van der Waals surface area contributed by atoms with Gasteiger partial charge in [-0.25, -0.2) is 9.97 Å². The summed E-state index contributed by atoms with van der Waals surface area (Å²) >= 11 is 0. The van der Waals surface area contributed by atoms with E-state index in [1.54, 1.807) is 6.33 Å². The van der Waals surface area contributed by atoms with Crippen LogP contribution in [0.2, 0.25) is 0 Å². The minimum absolute atomic E-state index is 0.641. The van der Waals surface area contributed by atoms with Gasteiger partial charge in [-0.15, -0.1) is 0 Å². The highest BCUT2D eigenvalue weighted by molar-refractivity contribution is 5.91. The number of fused-ring (bicyclic) bond motifs is 1. The zero-order valence-electron chi connectivity index (χ0n) is 12.0. The number of ether oxygens (including phenoxy) is 1. The molecular weight excluding hydrogens is 254 g/mol. The van der Waals surface area contributed by atoms with Crippen LogP contribution in [0.5, 0.6) is 0 Å². The maximum Gasteiger partial charge on any atom is 0.137 e. The molecule has 0 unspecified atom stereocenters. The lowest BCUT2D eigenvalue weighted by molar-refractivity contribution is 0.126. The minimum atomic E-state index is 0.641. The van der Waals surface area contributed by atoms with Gasteiger partial charge in [0.2, 0.25) is 0 Å². The molecule has 0 spiro atoms. The summed E-state index contributed by atoms with van der Waals surface area (Å²) in [6, 6.07) is 5.61. The third kappa shape index (κ3) is 4.04. The summed E-state index contributed by atoms with van der Waals surface area (Å²) in [5.74, 6) is 0.790. The van der Waals surface area contributed by atoms with Crippen molar-refractivity contribution in [2.75, 3.05) is 51.4 Å². The fraction of sp³-hybridized carbons (Fsp3) is 0.429. The third-order valence-corrected chi connectivity index (χ3v) is 2.88. The second-order valence-corrected chi connectivity index (χ2v) is 4.84. The number of nitrogen functional groups attached to an aromatic ring is 1. The number of nitrogens with one attached hydrogen (secondary N) is 1. The van der Waals surface area contributed by atoms with Crippen molar-refractivity contribution in [3.8, 4) is 0 Å². The van der Waals surface area contributed by atoms with Crippen molar-refractivity contribution >= 4 is 22.4 Å². The van der Waals surface area contributed by atoms with E-state index < -0.39 is 0 Å². The summed E-state index contributed by atoms with van der Waals surface area (Å²) < 4.78 is 5.53. The first kappa shape index (κ1) is 14.5. The van der Waals surface area contributed by atoms with Crippen LogP contribution in [0.1, 0.15) is 0 Å². The van der Waals surface area contributed by atoms with Crippen LogP contribution < -0.4 is 11.1 Å². The number of benzene rings is 1. The highest BCUT2D eigenvalue weighted by atomic mass is 16.5. The number of rotatable bonds is 7. The van der Waals surface area contributed by atoms with E-state index in [1.165, 1.54) is 0 Å². The Balaban J connectivity index is 1.88. The van der Waals surface area contributed by atoms with Crippen molar-refractivity contribution < 1.29 is 4.74 Å². The molecule has 0 fully saturated rings. The summed E-state index contributed by atoms with van der Waals surface area (Å²) in [6.07, 6.45) is 1.55. The van der Waals surface area contributed by atoms with Gasteiger partial charge >= 0.3 is 0 Å². The molecule has 1 aromatic heterocycles. The molecule has 0 bridgehead atoms. The molecule has 0 amide bonds. The fourth-order valence-electron chi connectivity index (χ4n) is 1.81. The van der Waals surface area contributed by atoms with Crippen LogP contribution >= 0.6 is 0 Å². The predicted octanol–water partition coefficient (Wildman–Crippen LogP) is 1.20. The number of aromatic nitrogens is 2. The van der Waals surface area contributed by atoms with Gasteiger partial charge in [-0.1, -0.05) is 0 Å². The van der Waals surface area contributed by atoms with E-state index in [2.05, 4.69) is 20.2 Å². The molecule has 0 saturated carbocycles. The molecule has 1 heterocycles. The molecule has 2 aromatic rings. The van der Waals surface area contributed by atoms with Gasteiger partial charge in [-0.2, -0.15) is 0 Å². The van der Waals surface area contributed by atoms with Crippen molar-refractivity contribution in [3.63, 3.8) is 0 Å². The molecule has 0 atom stereocenters. The first-order chi connectivity index (χ1) is 9.66. The van der Waals surface area contributed by atoms with Gasteiger partial charge in [0.05, 0.1) is 18.7 Å². The van der Waals surface area contributed by atoms with Crippen LogP contribution in [-0.2, 0) is 4.74 Å². The van der Waals surface area contributed by atoms with Crippen LogP contribution in [0.4, 0.5) is 11.5 Å². The standard InChI is InChI=1S/C14H21N5O/c1-19(2)6-8-20-7-5-16-14-12-9-11(15)3-4-13(12)17-10-18-14/h3-4,9-10H,5-8,15H2,1-2H3,(H,16,17,18). The van der Waals surface area contributed by atoms with Crippen molar-refractivity contribution in [1.29, 1.82) is 0 Å². The third-order valence-electron chi connectivity index (χ3n) is 2.88. The molecule has 1 aromatic carbocycles. The lowest BCUT2D eigenvalue weighted by Gasteiger charge is -2.11. The molecule has 6 nitrogen and oxygen atoms in total. The van der Waals surface area contributed by atoms with Gasteiger partial charge in [0.1, 0.15) is 12.1 Å². The molecule has 6 heteroatoms. The van der Waals surface area contributed by atoms with Crippen LogP contribution in [0.25, 0.3) is 10.9 Å². The molecule has 0 saturated heterocycles. The van der Waals surface area contributed by atoms with Crippen molar-refractivity contribution in [2.24, 2.45) is 0 Å². The fourth-order valence-corrected chi connectivity index (χ4v) is 1.81. The molecule has 0 aliphatic heterocycles. The maximum atomic E-state index is 5.80. The van der Waals surface area contributed by atoms with E-state index in [-0.39, 0.29) is 0 Å². The van der Waals surface area contributed by atoms with E-state index in [0.717, 1.165) is 29.9 Å². The largest absolute Gasteiger partial charge is 0.399 e. The van der Waals surface area contributed by atoms with Crippen molar-refractivity contribution in [2.45, 2.75) is 0 Å². The summed E-state index contributed by atoms with van der Waals surface area (Å²) in [4.78, 5) is 10.6. The SMILES string of the molecule is CN(C)CCOCCNc1ncnc2ccc(N)cc12. The van der Waals surface area contributed by atoms with Gasteiger partial charge in [0, 0.05) is 24.2 Å². The molecule has 0 radical (unpaired) electrons. The Morgan fingerprint density at radius 2 is 2.10 bits per heavy atom. The molecule has 20 heavy (non-hydrogen) atoms. The number of nitrogens with zero attached hydrogens (tertiary/aromatic N) is 3. The number of likely N-dealkylation sites (N-methyl/N-ethyl adjacent to an activating group) is 1. The second-order valence-electron chi connectivity index (χ2n) is 4.84. The number of hydrogen-bond donors (Lipinski definition) is 2. The predicted molar refractivity (Wildman–Crippen MR) is 81.8 cm³/mol. The molecule has 0 aliphatic rings. The van der Waals surface area contributed by atoms with Crippen LogP contribution in [0.3, 0.4) is 0 Å². The average Bonchev–Trinajstić information content (AvgIpc) is 2.42. The van der Waals surface area contributed by atoms with E-state index >= 15 is 0 Å². The van der Waals surface area contributed by atoms with Crippen LogP contribution in [-0.4, -0.2) is 55.3 Å². The molecule has 3 N–H and O–H groups in total.